The van der Waals surface area contributed by atoms with Crippen LogP contribution >= 0.6 is 0 Å². The Morgan fingerprint density at radius 3 is 2.37 bits per heavy atom. The molecule has 1 unspecified atom stereocenters. The molecule has 2 N–H and O–H groups in total. The van der Waals surface area contributed by atoms with Crippen molar-refractivity contribution in [3.05, 3.63) is 48.6 Å². The molecule has 104 valence electrons. The molecule has 1 atom stereocenters. The summed E-state index contributed by atoms with van der Waals surface area (Å²) < 4.78 is 0. The maximum absolute atomic E-state index is 12.7. The summed E-state index contributed by atoms with van der Waals surface area (Å²) in [6.07, 6.45) is 1.75. The van der Waals surface area contributed by atoms with Crippen molar-refractivity contribution in [2.75, 3.05) is 13.1 Å². The summed E-state index contributed by atoms with van der Waals surface area (Å²) in [7, 11) is 0. The highest BCUT2D eigenvalue weighted by atomic mass is 16.2. The number of carbonyl (C=O) groups is 1. The monoisotopic (exact) mass is 260 g/mol. The van der Waals surface area contributed by atoms with Gasteiger partial charge in [0.2, 0.25) is 5.91 Å². The van der Waals surface area contributed by atoms with Crippen LogP contribution in [0.25, 0.3) is 0 Å². The Bertz CT molecular complexity index is 420. The first kappa shape index (κ1) is 15.4. The van der Waals surface area contributed by atoms with Crippen molar-refractivity contribution in [3.8, 4) is 0 Å². The Balaban J connectivity index is 3.03. The number of rotatable bonds is 5. The minimum absolute atomic E-state index is 0.0566. The molecule has 0 fully saturated rings. The Morgan fingerprint density at radius 2 is 1.95 bits per heavy atom. The molecule has 0 aliphatic heterocycles. The smallest absolute Gasteiger partial charge is 0.232 e. The second-order valence-electron chi connectivity index (χ2n) is 5.61. The third-order valence-electron chi connectivity index (χ3n) is 3.12. The number of nitrogens with two attached hydrogens (primary N) is 1. The summed E-state index contributed by atoms with van der Waals surface area (Å²) in [6.45, 7) is 10.6. The van der Waals surface area contributed by atoms with E-state index in [4.69, 9.17) is 5.73 Å². The summed E-state index contributed by atoms with van der Waals surface area (Å²) in [5, 5.41) is 0. The van der Waals surface area contributed by atoms with E-state index in [0.717, 1.165) is 5.56 Å². The molecule has 19 heavy (non-hydrogen) atoms. The molecule has 1 amide bonds. The summed E-state index contributed by atoms with van der Waals surface area (Å²) >= 11 is 0. The van der Waals surface area contributed by atoms with Crippen LogP contribution in [0.2, 0.25) is 0 Å². The van der Waals surface area contributed by atoms with Gasteiger partial charge in [-0.2, -0.15) is 0 Å². The largest absolute Gasteiger partial charge is 0.334 e. The lowest BCUT2D eigenvalue weighted by Gasteiger charge is -2.37. The van der Waals surface area contributed by atoms with Crippen LogP contribution in [0.5, 0.6) is 0 Å². The Morgan fingerprint density at radius 1 is 1.37 bits per heavy atom. The van der Waals surface area contributed by atoms with Gasteiger partial charge in [-0.3, -0.25) is 4.79 Å². The van der Waals surface area contributed by atoms with E-state index in [0.29, 0.717) is 13.1 Å². The topological polar surface area (TPSA) is 46.3 Å². The second kappa shape index (κ2) is 6.53. The minimum atomic E-state index is -0.291. The summed E-state index contributed by atoms with van der Waals surface area (Å²) in [5.74, 6) is -0.235. The molecule has 1 rings (SSSR count). The number of nitrogens with zero attached hydrogens (tertiary/aromatic N) is 1. The second-order valence-corrected chi connectivity index (χ2v) is 5.61. The van der Waals surface area contributed by atoms with Crippen molar-refractivity contribution in [3.63, 3.8) is 0 Å². The lowest BCUT2D eigenvalue weighted by atomic mass is 9.95. The van der Waals surface area contributed by atoms with Crippen molar-refractivity contribution in [2.24, 2.45) is 5.73 Å². The van der Waals surface area contributed by atoms with E-state index in [1.165, 1.54) is 0 Å². The number of benzene rings is 1. The van der Waals surface area contributed by atoms with Crippen LogP contribution in [0.15, 0.2) is 43.0 Å². The van der Waals surface area contributed by atoms with E-state index in [1.807, 2.05) is 56.0 Å². The zero-order valence-electron chi connectivity index (χ0n) is 12.1. The van der Waals surface area contributed by atoms with Gasteiger partial charge in [-0.1, -0.05) is 36.4 Å². The zero-order chi connectivity index (χ0) is 14.5. The first-order valence-corrected chi connectivity index (χ1v) is 6.59. The van der Waals surface area contributed by atoms with Gasteiger partial charge in [-0.25, -0.2) is 0 Å². The molecular formula is C16H24N2O. The van der Waals surface area contributed by atoms with Gasteiger partial charge in [0, 0.05) is 18.6 Å². The van der Waals surface area contributed by atoms with Crippen LogP contribution in [0.4, 0.5) is 0 Å². The molecule has 0 radical (unpaired) electrons. The van der Waals surface area contributed by atoms with E-state index >= 15 is 0 Å². The third-order valence-corrected chi connectivity index (χ3v) is 3.12. The van der Waals surface area contributed by atoms with Crippen LogP contribution < -0.4 is 5.73 Å². The lowest BCUT2D eigenvalue weighted by Crippen LogP contribution is -2.48. The van der Waals surface area contributed by atoms with Gasteiger partial charge in [0.25, 0.3) is 0 Å². The maximum atomic E-state index is 12.7. The van der Waals surface area contributed by atoms with Crippen molar-refractivity contribution >= 4 is 5.91 Å². The number of hydrogen-bond acceptors (Lipinski definition) is 2. The third kappa shape index (κ3) is 3.93. The first-order chi connectivity index (χ1) is 8.91. The van der Waals surface area contributed by atoms with Crippen LogP contribution in [0, 0.1) is 0 Å². The van der Waals surface area contributed by atoms with Gasteiger partial charge in [0.1, 0.15) is 0 Å². The quantitative estimate of drug-likeness (QED) is 0.827. The fraction of sp³-hybridized carbons (Fsp3) is 0.438. The van der Waals surface area contributed by atoms with Crippen molar-refractivity contribution in [2.45, 2.75) is 32.2 Å². The normalized spacial score (nSPS) is 12.8. The van der Waals surface area contributed by atoms with E-state index in [2.05, 4.69) is 6.58 Å². The Kier molecular flexibility index (Phi) is 5.31. The van der Waals surface area contributed by atoms with Crippen LogP contribution in [-0.4, -0.2) is 29.4 Å². The molecule has 0 aromatic heterocycles. The van der Waals surface area contributed by atoms with Gasteiger partial charge in [-0.15, -0.1) is 6.58 Å². The van der Waals surface area contributed by atoms with Crippen molar-refractivity contribution < 1.29 is 4.79 Å². The molecule has 0 aliphatic rings. The van der Waals surface area contributed by atoms with Crippen LogP contribution in [0.1, 0.15) is 32.3 Å². The fourth-order valence-corrected chi connectivity index (χ4v) is 2.08. The minimum Gasteiger partial charge on any atom is -0.334 e. The van der Waals surface area contributed by atoms with Gasteiger partial charge < -0.3 is 10.6 Å². The molecule has 3 nitrogen and oxygen atoms in total. The average Bonchev–Trinajstić information content (AvgIpc) is 2.36. The Labute approximate surface area is 116 Å². The van der Waals surface area contributed by atoms with Crippen molar-refractivity contribution in [1.29, 1.82) is 0 Å². The van der Waals surface area contributed by atoms with Gasteiger partial charge >= 0.3 is 0 Å². The Hall–Kier alpha value is -1.61. The first-order valence-electron chi connectivity index (χ1n) is 6.59. The molecule has 0 saturated heterocycles. The molecule has 0 heterocycles. The molecular weight excluding hydrogens is 236 g/mol. The lowest BCUT2D eigenvalue weighted by molar-refractivity contribution is -0.136. The standard InChI is InChI=1S/C16H24N2O/c1-5-11-18(16(2,3)4)15(19)14(12-17)13-9-7-6-8-10-13/h5-10,14H,1,11-12,17H2,2-4H3. The van der Waals surface area contributed by atoms with Gasteiger partial charge in [0.05, 0.1) is 5.92 Å². The van der Waals surface area contributed by atoms with E-state index in [1.54, 1.807) is 6.08 Å². The van der Waals surface area contributed by atoms with Crippen molar-refractivity contribution in [1.82, 2.24) is 4.90 Å². The number of amides is 1. The maximum Gasteiger partial charge on any atom is 0.232 e. The molecule has 0 saturated carbocycles. The predicted molar refractivity (Wildman–Crippen MR) is 79.9 cm³/mol. The molecule has 0 bridgehead atoms. The highest BCUT2D eigenvalue weighted by molar-refractivity contribution is 5.84. The average molecular weight is 260 g/mol. The number of hydrogen-bond donors (Lipinski definition) is 1. The van der Waals surface area contributed by atoms with Crippen LogP contribution in [-0.2, 0) is 4.79 Å². The molecule has 0 spiro atoms. The van der Waals surface area contributed by atoms with E-state index in [-0.39, 0.29) is 17.4 Å². The SMILES string of the molecule is C=CCN(C(=O)C(CN)c1ccccc1)C(C)(C)C. The summed E-state index contributed by atoms with van der Waals surface area (Å²) in [4.78, 5) is 14.5. The molecule has 0 aliphatic carbocycles. The summed E-state index contributed by atoms with van der Waals surface area (Å²) in [5.41, 5.74) is 6.53. The molecule has 3 heteroatoms. The van der Waals surface area contributed by atoms with Gasteiger partial charge in [-0.05, 0) is 26.3 Å². The number of carbonyl (C=O) groups excluding carboxylic acids is 1. The predicted octanol–water partition coefficient (Wildman–Crippen LogP) is 2.54. The summed E-state index contributed by atoms with van der Waals surface area (Å²) in [6, 6.07) is 9.70. The molecule has 1 aromatic rings. The highest BCUT2D eigenvalue weighted by Crippen LogP contribution is 2.22. The zero-order valence-corrected chi connectivity index (χ0v) is 12.1. The van der Waals surface area contributed by atoms with Gasteiger partial charge in [0.15, 0.2) is 0 Å². The van der Waals surface area contributed by atoms with E-state index < -0.39 is 0 Å². The molecule has 1 aromatic carbocycles. The van der Waals surface area contributed by atoms with Crippen LogP contribution in [0.3, 0.4) is 0 Å². The van der Waals surface area contributed by atoms with E-state index in [9.17, 15) is 4.79 Å². The highest BCUT2D eigenvalue weighted by Gasteiger charge is 2.30. The fourth-order valence-electron chi connectivity index (χ4n) is 2.08.